The Morgan fingerprint density at radius 2 is 1.86 bits per heavy atom. The highest BCUT2D eigenvalue weighted by Crippen LogP contribution is 2.04. The third-order valence-electron chi connectivity index (χ3n) is 3.16. The van der Waals surface area contributed by atoms with Crippen LogP contribution in [0.25, 0.3) is 0 Å². The SMILES string of the molecule is CC(=O)N[C@@H](CCCN)C(=O)N[C@@H](C)Cc1ccccc1. The van der Waals surface area contributed by atoms with E-state index in [0.29, 0.717) is 19.4 Å². The Bertz CT molecular complexity index is 448. The van der Waals surface area contributed by atoms with Crippen LogP contribution in [0.5, 0.6) is 0 Å². The third-order valence-corrected chi connectivity index (χ3v) is 3.16. The van der Waals surface area contributed by atoms with Gasteiger partial charge in [-0.05, 0) is 38.3 Å². The van der Waals surface area contributed by atoms with Crippen LogP contribution in [0.15, 0.2) is 30.3 Å². The Morgan fingerprint density at radius 3 is 2.43 bits per heavy atom. The molecule has 0 aliphatic rings. The summed E-state index contributed by atoms with van der Waals surface area (Å²) in [6.07, 6.45) is 2.02. The second-order valence-corrected chi connectivity index (χ2v) is 5.28. The highest BCUT2D eigenvalue weighted by Gasteiger charge is 2.20. The molecule has 2 atom stereocenters. The predicted molar refractivity (Wildman–Crippen MR) is 83.6 cm³/mol. The molecule has 116 valence electrons. The maximum atomic E-state index is 12.2. The van der Waals surface area contributed by atoms with E-state index in [1.807, 2.05) is 37.3 Å². The fourth-order valence-electron chi connectivity index (χ4n) is 2.20. The molecule has 0 aromatic heterocycles. The number of amides is 2. The van der Waals surface area contributed by atoms with Gasteiger partial charge in [-0.1, -0.05) is 30.3 Å². The average molecular weight is 291 g/mol. The van der Waals surface area contributed by atoms with Crippen molar-refractivity contribution in [2.45, 2.75) is 45.2 Å². The zero-order chi connectivity index (χ0) is 15.7. The molecular formula is C16H25N3O2. The number of nitrogens with two attached hydrogens (primary N) is 1. The molecule has 0 unspecified atom stereocenters. The van der Waals surface area contributed by atoms with Crippen molar-refractivity contribution in [3.8, 4) is 0 Å². The molecule has 0 saturated carbocycles. The highest BCUT2D eigenvalue weighted by molar-refractivity contribution is 5.86. The minimum atomic E-state index is -0.510. The quantitative estimate of drug-likeness (QED) is 0.667. The van der Waals surface area contributed by atoms with Crippen molar-refractivity contribution in [3.05, 3.63) is 35.9 Å². The first kappa shape index (κ1) is 17.2. The molecule has 0 fully saturated rings. The van der Waals surface area contributed by atoms with E-state index in [0.717, 1.165) is 6.42 Å². The first-order chi connectivity index (χ1) is 10.0. The van der Waals surface area contributed by atoms with E-state index in [9.17, 15) is 9.59 Å². The first-order valence-corrected chi connectivity index (χ1v) is 7.34. The number of benzene rings is 1. The normalized spacial score (nSPS) is 13.3. The van der Waals surface area contributed by atoms with Crippen molar-refractivity contribution in [2.24, 2.45) is 5.73 Å². The molecule has 1 aromatic carbocycles. The van der Waals surface area contributed by atoms with Gasteiger partial charge in [0, 0.05) is 13.0 Å². The Labute approximate surface area is 126 Å². The summed E-state index contributed by atoms with van der Waals surface area (Å²) in [6, 6.07) is 9.48. The van der Waals surface area contributed by atoms with Gasteiger partial charge >= 0.3 is 0 Å². The first-order valence-electron chi connectivity index (χ1n) is 7.34. The largest absolute Gasteiger partial charge is 0.352 e. The fraction of sp³-hybridized carbons (Fsp3) is 0.500. The van der Waals surface area contributed by atoms with Crippen molar-refractivity contribution in [2.75, 3.05) is 6.54 Å². The van der Waals surface area contributed by atoms with E-state index in [1.54, 1.807) is 0 Å². The molecule has 0 spiro atoms. The Morgan fingerprint density at radius 1 is 1.19 bits per heavy atom. The second kappa shape index (κ2) is 9.13. The molecule has 4 N–H and O–H groups in total. The summed E-state index contributed by atoms with van der Waals surface area (Å²) in [5, 5.41) is 5.63. The molecule has 21 heavy (non-hydrogen) atoms. The Balaban J connectivity index is 2.52. The number of carbonyl (C=O) groups is 2. The smallest absolute Gasteiger partial charge is 0.242 e. The van der Waals surface area contributed by atoms with Crippen molar-refractivity contribution >= 4 is 11.8 Å². The minimum absolute atomic E-state index is 0.00837. The van der Waals surface area contributed by atoms with Gasteiger partial charge in [0.25, 0.3) is 0 Å². The molecule has 1 rings (SSSR count). The molecule has 0 heterocycles. The number of carbonyl (C=O) groups excluding carboxylic acids is 2. The van der Waals surface area contributed by atoms with Crippen LogP contribution in [0.4, 0.5) is 0 Å². The topological polar surface area (TPSA) is 84.2 Å². The maximum absolute atomic E-state index is 12.2. The van der Waals surface area contributed by atoms with Gasteiger partial charge < -0.3 is 16.4 Å². The molecule has 0 aliphatic carbocycles. The van der Waals surface area contributed by atoms with Crippen molar-refractivity contribution < 1.29 is 9.59 Å². The zero-order valence-electron chi connectivity index (χ0n) is 12.8. The van der Waals surface area contributed by atoms with Crippen molar-refractivity contribution in [1.82, 2.24) is 10.6 Å². The minimum Gasteiger partial charge on any atom is -0.352 e. The van der Waals surface area contributed by atoms with E-state index >= 15 is 0 Å². The lowest BCUT2D eigenvalue weighted by molar-refractivity contribution is -0.128. The van der Waals surface area contributed by atoms with Crippen LogP contribution in [-0.2, 0) is 16.0 Å². The standard InChI is InChI=1S/C16H25N3O2/c1-12(11-14-7-4-3-5-8-14)18-16(21)15(9-6-10-17)19-13(2)20/h3-5,7-8,12,15H,6,9-11,17H2,1-2H3,(H,18,21)(H,19,20)/t12-,15-/m0/s1. The van der Waals surface area contributed by atoms with Crippen LogP contribution < -0.4 is 16.4 Å². The lowest BCUT2D eigenvalue weighted by atomic mass is 10.1. The number of hydrogen-bond donors (Lipinski definition) is 3. The van der Waals surface area contributed by atoms with Gasteiger partial charge in [0.2, 0.25) is 11.8 Å². The molecule has 1 aromatic rings. The summed E-state index contributed by atoms with van der Waals surface area (Å²) in [6.45, 7) is 3.87. The summed E-state index contributed by atoms with van der Waals surface area (Å²) in [5.41, 5.74) is 6.64. The number of hydrogen-bond acceptors (Lipinski definition) is 3. The molecule has 5 nitrogen and oxygen atoms in total. The second-order valence-electron chi connectivity index (χ2n) is 5.28. The molecular weight excluding hydrogens is 266 g/mol. The van der Waals surface area contributed by atoms with E-state index in [4.69, 9.17) is 5.73 Å². The summed E-state index contributed by atoms with van der Waals surface area (Å²) in [4.78, 5) is 23.4. The summed E-state index contributed by atoms with van der Waals surface area (Å²) in [5.74, 6) is -0.357. The fourth-order valence-corrected chi connectivity index (χ4v) is 2.20. The van der Waals surface area contributed by atoms with Gasteiger partial charge in [-0.25, -0.2) is 0 Å². The lowest BCUT2D eigenvalue weighted by Gasteiger charge is -2.21. The van der Waals surface area contributed by atoms with Crippen LogP contribution in [-0.4, -0.2) is 30.4 Å². The lowest BCUT2D eigenvalue weighted by Crippen LogP contribution is -2.49. The van der Waals surface area contributed by atoms with Crippen molar-refractivity contribution in [3.63, 3.8) is 0 Å². The molecule has 2 amide bonds. The van der Waals surface area contributed by atoms with E-state index in [-0.39, 0.29) is 17.9 Å². The van der Waals surface area contributed by atoms with Gasteiger partial charge in [-0.3, -0.25) is 9.59 Å². The van der Waals surface area contributed by atoms with Crippen LogP contribution in [0.2, 0.25) is 0 Å². The Kier molecular flexibility index (Phi) is 7.46. The zero-order valence-corrected chi connectivity index (χ0v) is 12.8. The van der Waals surface area contributed by atoms with Gasteiger partial charge in [0.05, 0.1) is 0 Å². The third kappa shape index (κ3) is 6.90. The summed E-state index contributed by atoms with van der Waals surface area (Å²) in [7, 11) is 0. The molecule has 0 radical (unpaired) electrons. The summed E-state index contributed by atoms with van der Waals surface area (Å²) < 4.78 is 0. The maximum Gasteiger partial charge on any atom is 0.242 e. The predicted octanol–water partition coefficient (Wildman–Crippen LogP) is 0.977. The van der Waals surface area contributed by atoms with Crippen LogP contribution in [0.1, 0.15) is 32.3 Å². The van der Waals surface area contributed by atoms with E-state index in [1.165, 1.54) is 12.5 Å². The van der Waals surface area contributed by atoms with Crippen LogP contribution >= 0.6 is 0 Å². The van der Waals surface area contributed by atoms with Gasteiger partial charge in [-0.2, -0.15) is 0 Å². The van der Waals surface area contributed by atoms with Crippen LogP contribution in [0, 0.1) is 0 Å². The van der Waals surface area contributed by atoms with Crippen molar-refractivity contribution in [1.29, 1.82) is 0 Å². The van der Waals surface area contributed by atoms with Gasteiger partial charge in [0.15, 0.2) is 0 Å². The molecule has 0 aliphatic heterocycles. The molecule has 5 heteroatoms. The molecule has 0 bridgehead atoms. The van der Waals surface area contributed by atoms with Gasteiger partial charge in [-0.15, -0.1) is 0 Å². The monoisotopic (exact) mass is 291 g/mol. The highest BCUT2D eigenvalue weighted by atomic mass is 16.2. The van der Waals surface area contributed by atoms with Gasteiger partial charge in [0.1, 0.15) is 6.04 Å². The molecule has 0 saturated heterocycles. The average Bonchev–Trinajstić information content (AvgIpc) is 2.43. The number of nitrogens with one attached hydrogen (secondary N) is 2. The van der Waals surface area contributed by atoms with Crippen LogP contribution in [0.3, 0.4) is 0 Å². The summed E-state index contributed by atoms with van der Waals surface area (Å²) >= 11 is 0. The van der Waals surface area contributed by atoms with E-state index in [2.05, 4.69) is 10.6 Å². The van der Waals surface area contributed by atoms with E-state index < -0.39 is 6.04 Å². The number of rotatable bonds is 8. The Hall–Kier alpha value is -1.88.